The van der Waals surface area contributed by atoms with Crippen LogP contribution in [-0.2, 0) is 6.54 Å². The molecule has 7 nitrogen and oxygen atoms in total. The molecule has 2 aromatic carbocycles. The zero-order chi connectivity index (χ0) is 20.3. The Morgan fingerprint density at radius 2 is 1.86 bits per heavy atom. The molecule has 0 saturated heterocycles. The van der Waals surface area contributed by atoms with E-state index in [9.17, 15) is 23.1 Å². The van der Waals surface area contributed by atoms with Gasteiger partial charge >= 0.3 is 12.3 Å². The van der Waals surface area contributed by atoms with Crippen molar-refractivity contribution in [1.29, 1.82) is 0 Å². The van der Waals surface area contributed by atoms with Crippen LogP contribution in [0.25, 0.3) is 11.3 Å². The number of benzene rings is 2. The molecular formula is C18H14F3N3O4. The second-order valence-corrected chi connectivity index (χ2v) is 5.67. The Bertz CT molecular complexity index is 984. The van der Waals surface area contributed by atoms with Crippen LogP contribution in [0.5, 0.6) is 11.5 Å². The van der Waals surface area contributed by atoms with E-state index in [2.05, 4.69) is 15.0 Å². The molecule has 0 bridgehead atoms. The van der Waals surface area contributed by atoms with E-state index in [0.717, 1.165) is 0 Å². The summed E-state index contributed by atoms with van der Waals surface area (Å²) >= 11 is 0. The second-order valence-electron chi connectivity index (χ2n) is 5.67. The molecule has 0 aliphatic carbocycles. The van der Waals surface area contributed by atoms with E-state index < -0.39 is 12.3 Å². The molecule has 0 amide bonds. The van der Waals surface area contributed by atoms with E-state index >= 15 is 0 Å². The fourth-order valence-corrected chi connectivity index (χ4v) is 2.59. The minimum absolute atomic E-state index is 0.0964. The van der Waals surface area contributed by atoms with Gasteiger partial charge in [-0.3, -0.25) is 0 Å². The Kier molecular flexibility index (Phi) is 5.21. The predicted octanol–water partition coefficient (Wildman–Crippen LogP) is 3.60. The predicted molar refractivity (Wildman–Crippen MR) is 91.2 cm³/mol. The van der Waals surface area contributed by atoms with E-state index in [1.54, 1.807) is 24.3 Å². The monoisotopic (exact) mass is 393 g/mol. The molecule has 0 aliphatic rings. The van der Waals surface area contributed by atoms with Crippen molar-refractivity contribution in [1.82, 2.24) is 15.0 Å². The lowest BCUT2D eigenvalue weighted by Crippen LogP contribution is -2.17. The number of aromatic nitrogens is 3. The Morgan fingerprint density at radius 3 is 2.46 bits per heavy atom. The van der Waals surface area contributed by atoms with Crippen molar-refractivity contribution in [3.63, 3.8) is 0 Å². The maximum atomic E-state index is 12.3. The van der Waals surface area contributed by atoms with Crippen molar-refractivity contribution in [2.45, 2.75) is 12.9 Å². The van der Waals surface area contributed by atoms with Crippen LogP contribution in [0.2, 0.25) is 0 Å². The molecule has 10 heteroatoms. The number of carbonyl (C=O) groups is 1. The standard InChI is InChI=1S/C18H14F3N3O4/c1-27-14-4-2-3-12(9-14)16-15(17(25)26)22-23-24(16)10-11-5-7-13(8-6-11)28-18(19,20)21/h2-9H,10H2,1H3,(H,25,26). The van der Waals surface area contributed by atoms with Gasteiger partial charge in [-0.1, -0.05) is 29.5 Å². The second kappa shape index (κ2) is 7.59. The first kappa shape index (κ1) is 19.2. The first-order valence-electron chi connectivity index (χ1n) is 7.93. The smallest absolute Gasteiger partial charge is 0.497 e. The number of methoxy groups -OCH3 is 1. The van der Waals surface area contributed by atoms with Gasteiger partial charge in [0.1, 0.15) is 17.2 Å². The Morgan fingerprint density at radius 1 is 1.14 bits per heavy atom. The number of aromatic carboxylic acids is 1. The number of carboxylic acids is 1. The molecule has 3 rings (SSSR count). The van der Waals surface area contributed by atoms with Crippen LogP contribution in [0.3, 0.4) is 0 Å². The highest BCUT2D eigenvalue weighted by atomic mass is 19.4. The zero-order valence-electron chi connectivity index (χ0n) is 14.5. The first-order chi connectivity index (χ1) is 13.3. The number of nitrogens with zero attached hydrogens (tertiary/aromatic N) is 3. The maximum absolute atomic E-state index is 12.3. The van der Waals surface area contributed by atoms with Gasteiger partial charge in [0.15, 0.2) is 5.69 Å². The van der Waals surface area contributed by atoms with Gasteiger partial charge < -0.3 is 14.6 Å². The average Bonchev–Trinajstić information content (AvgIpc) is 3.06. The highest BCUT2D eigenvalue weighted by Crippen LogP contribution is 2.27. The van der Waals surface area contributed by atoms with Crippen LogP contribution in [-0.4, -0.2) is 39.5 Å². The molecule has 0 atom stereocenters. The molecule has 1 N–H and O–H groups in total. The van der Waals surface area contributed by atoms with Gasteiger partial charge in [-0.15, -0.1) is 18.3 Å². The topological polar surface area (TPSA) is 86.5 Å². The molecule has 28 heavy (non-hydrogen) atoms. The van der Waals surface area contributed by atoms with Gasteiger partial charge in [-0.2, -0.15) is 0 Å². The molecule has 0 spiro atoms. The summed E-state index contributed by atoms with van der Waals surface area (Å²) in [5.74, 6) is -1.08. The van der Waals surface area contributed by atoms with Crippen LogP contribution < -0.4 is 9.47 Å². The molecule has 0 fully saturated rings. The minimum atomic E-state index is -4.77. The molecule has 0 radical (unpaired) electrons. The number of hydrogen-bond donors (Lipinski definition) is 1. The summed E-state index contributed by atoms with van der Waals surface area (Å²) in [6.07, 6.45) is -4.77. The fraction of sp³-hybridized carbons (Fsp3) is 0.167. The number of alkyl halides is 3. The average molecular weight is 393 g/mol. The van der Waals surface area contributed by atoms with Crippen molar-refractivity contribution in [3.05, 3.63) is 59.8 Å². The Labute approximate surface area is 156 Å². The lowest BCUT2D eigenvalue weighted by Gasteiger charge is -2.11. The quantitative estimate of drug-likeness (QED) is 0.689. The molecule has 0 saturated carbocycles. The molecule has 3 aromatic rings. The largest absolute Gasteiger partial charge is 0.573 e. The van der Waals surface area contributed by atoms with Crippen molar-refractivity contribution in [2.75, 3.05) is 7.11 Å². The molecule has 1 aromatic heterocycles. The summed E-state index contributed by atoms with van der Waals surface area (Å²) in [4.78, 5) is 11.5. The number of halogens is 3. The van der Waals surface area contributed by atoms with E-state index in [1.165, 1.54) is 36.1 Å². The normalized spacial score (nSPS) is 11.3. The first-order valence-corrected chi connectivity index (χ1v) is 7.93. The van der Waals surface area contributed by atoms with Crippen molar-refractivity contribution < 1.29 is 32.5 Å². The lowest BCUT2D eigenvalue weighted by molar-refractivity contribution is -0.274. The summed E-state index contributed by atoms with van der Waals surface area (Å²) in [7, 11) is 1.48. The SMILES string of the molecule is COc1cccc(-c2c(C(=O)O)nnn2Cc2ccc(OC(F)(F)F)cc2)c1. The highest BCUT2D eigenvalue weighted by molar-refractivity contribution is 5.92. The number of carboxylic acid groups (broad SMARTS) is 1. The number of ether oxygens (including phenoxy) is 2. The van der Waals surface area contributed by atoms with Gasteiger partial charge in [-0.05, 0) is 29.8 Å². The zero-order valence-corrected chi connectivity index (χ0v) is 14.5. The van der Waals surface area contributed by atoms with Gasteiger partial charge in [0.05, 0.1) is 13.7 Å². The van der Waals surface area contributed by atoms with Crippen LogP contribution in [0.1, 0.15) is 16.1 Å². The van der Waals surface area contributed by atoms with Gasteiger partial charge in [-0.25, -0.2) is 9.48 Å². The third-order valence-corrected chi connectivity index (χ3v) is 3.77. The van der Waals surface area contributed by atoms with Gasteiger partial charge in [0.2, 0.25) is 0 Å². The summed E-state index contributed by atoms with van der Waals surface area (Å²) in [6, 6.07) is 11.9. The third-order valence-electron chi connectivity index (χ3n) is 3.77. The van der Waals surface area contributed by atoms with E-state index in [4.69, 9.17) is 4.74 Å². The molecule has 0 unspecified atom stereocenters. The van der Waals surface area contributed by atoms with Crippen molar-refractivity contribution >= 4 is 5.97 Å². The summed E-state index contributed by atoms with van der Waals surface area (Å²) in [6.45, 7) is 0.0964. The van der Waals surface area contributed by atoms with Crippen LogP contribution in [0, 0.1) is 0 Å². The van der Waals surface area contributed by atoms with Crippen LogP contribution in [0.4, 0.5) is 13.2 Å². The Hall–Kier alpha value is -3.56. The lowest BCUT2D eigenvalue weighted by atomic mass is 10.1. The molecule has 1 heterocycles. The molecular weight excluding hydrogens is 379 g/mol. The third kappa shape index (κ3) is 4.40. The summed E-state index contributed by atoms with van der Waals surface area (Å²) < 4.78 is 47.1. The number of rotatable bonds is 6. The summed E-state index contributed by atoms with van der Waals surface area (Å²) in [5, 5.41) is 17.0. The van der Waals surface area contributed by atoms with Crippen LogP contribution in [0.15, 0.2) is 48.5 Å². The van der Waals surface area contributed by atoms with Crippen molar-refractivity contribution in [2.24, 2.45) is 0 Å². The Balaban J connectivity index is 1.93. The fourth-order valence-electron chi connectivity index (χ4n) is 2.59. The van der Waals surface area contributed by atoms with Crippen molar-refractivity contribution in [3.8, 4) is 22.8 Å². The molecule has 0 aliphatic heterocycles. The highest BCUT2D eigenvalue weighted by Gasteiger charge is 2.31. The summed E-state index contributed by atoms with van der Waals surface area (Å²) in [5.41, 5.74) is 1.12. The maximum Gasteiger partial charge on any atom is 0.573 e. The molecule has 146 valence electrons. The van der Waals surface area contributed by atoms with E-state index in [-0.39, 0.29) is 23.7 Å². The number of hydrogen-bond acceptors (Lipinski definition) is 5. The van der Waals surface area contributed by atoms with E-state index in [0.29, 0.717) is 16.9 Å². The van der Waals surface area contributed by atoms with Gasteiger partial charge in [0.25, 0.3) is 0 Å². The van der Waals surface area contributed by atoms with Gasteiger partial charge in [0, 0.05) is 5.56 Å². The minimum Gasteiger partial charge on any atom is -0.497 e. The van der Waals surface area contributed by atoms with E-state index in [1.807, 2.05) is 0 Å². The van der Waals surface area contributed by atoms with Crippen LogP contribution >= 0.6 is 0 Å².